The van der Waals surface area contributed by atoms with Crippen molar-refractivity contribution in [3.05, 3.63) is 41.7 Å². The topological polar surface area (TPSA) is 83.0 Å². The number of carbonyl (C=O) groups is 1. The van der Waals surface area contributed by atoms with Crippen LogP contribution in [0.5, 0.6) is 0 Å². The highest BCUT2D eigenvalue weighted by Gasteiger charge is 2.13. The van der Waals surface area contributed by atoms with Gasteiger partial charge >= 0.3 is 5.97 Å². The van der Waals surface area contributed by atoms with Gasteiger partial charge in [-0.3, -0.25) is 0 Å². The first-order valence-electron chi connectivity index (χ1n) is 6.55. The molecular formula is C14H17FN4O2. The van der Waals surface area contributed by atoms with Crippen LogP contribution >= 0.6 is 0 Å². The minimum atomic E-state index is -0.653. The largest absolute Gasteiger partial charge is 0.454 e. The fourth-order valence-electron chi connectivity index (χ4n) is 1.84. The number of ether oxygens (including phenoxy) is 1. The molecular weight excluding hydrogens is 275 g/mol. The van der Waals surface area contributed by atoms with Gasteiger partial charge in [0.25, 0.3) is 0 Å². The summed E-state index contributed by atoms with van der Waals surface area (Å²) in [6.45, 7) is 4.75. The number of aromatic nitrogens is 3. The minimum Gasteiger partial charge on any atom is -0.454 e. The molecule has 0 unspecified atom stereocenters. The molecule has 0 aliphatic rings. The standard InChI is InChI=1S/C14H17FN4O2/c1-9(2)6-19-13(17-8-18-19)7-21-14(20)10-3-11(15)5-12(16)4-10/h3-5,8-9H,6-7,16H2,1-2H3. The minimum absolute atomic E-state index is 0.0258. The molecule has 2 rings (SSSR count). The summed E-state index contributed by atoms with van der Waals surface area (Å²) in [6, 6.07) is 3.58. The van der Waals surface area contributed by atoms with Crippen LogP contribution in [0.2, 0.25) is 0 Å². The van der Waals surface area contributed by atoms with E-state index in [0.29, 0.717) is 18.3 Å². The fourth-order valence-corrected chi connectivity index (χ4v) is 1.84. The maximum absolute atomic E-state index is 13.2. The lowest BCUT2D eigenvalue weighted by atomic mass is 10.2. The fraction of sp³-hybridized carbons (Fsp3) is 0.357. The number of hydrogen-bond donors (Lipinski definition) is 1. The van der Waals surface area contributed by atoms with Crippen molar-refractivity contribution < 1.29 is 13.9 Å². The number of carbonyl (C=O) groups excluding carboxylic acids is 1. The molecule has 0 fully saturated rings. The average Bonchev–Trinajstić information content (AvgIpc) is 2.81. The molecule has 0 radical (unpaired) electrons. The van der Waals surface area contributed by atoms with Crippen LogP contribution in [0.1, 0.15) is 30.0 Å². The first kappa shape index (κ1) is 15.0. The van der Waals surface area contributed by atoms with E-state index in [9.17, 15) is 9.18 Å². The van der Waals surface area contributed by atoms with Crippen molar-refractivity contribution in [2.24, 2.45) is 5.92 Å². The molecule has 1 aromatic carbocycles. The normalized spacial score (nSPS) is 10.9. The van der Waals surface area contributed by atoms with Crippen LogP contribution in [-0.4, -0.2) is 20.7 Å². The van der Waals surface area contributed by atoms with Gasteiger partial charge in [-0.15, -0.1) is 0 Å². The Morgan fingerprint density at radius 3 is 2.86 bits per heavy atom. The summed E-state index contributed by atoms with van der Waals surface area (Å²) in [5.41, 5.74) is 5.74. The van der Waals surface area contributed by atoms with Crippen LogP contribution in [0.3, 0.4) is 0 Å². The van der Waals surface area contributed by atoms with Crippen molar-refractivity contribution in [2.75, 3.05) is 5.73 Å². The summed E-state index contributed by atoms with van der Waals surface area (Å²) in [7, 11) is 0. The monoisotopic (exact) mass is 292 g/mol. The number of halogens is 1. The van der Waals surface area contributed by atoms with Crippen LogP contribution in [-0.2, 0) is 17.9 Å². The molecule has 0 aliphatic heterocycles. The first-order valence-corrected chi connectivity index (χ1v) is 6.55. The Morgan fingerprint density at radius 1 is 1.43 bits per heavy atom. The molecule has 1 heterocycles. The Morgan fingerprint density at radius 2 is 2.19 bits per heavy atom. The van der Waals surface area contributed by atoms with Gasteiger partial charge in [-0.2, -0.15) is 5.10 Å². The quantitative estimate of drug-likeness (QED) is 0.673. The summed E-state index contributed by atoms with van der Waals surface area (Å²) >= 11 is 0. The van der Waals surface area contributed by atoms with E-state index in [4.69, 9.17) is 10.5 Å². The van der Waals surface area contributed by atoms with Gasteiger partial charge in [0.1, 0.15) is 12.1 Å². The summed E-state index contributed by atoms with van der Waals surface area (Å²) in [5.74, 6) is -0.296. The highest BCUT2D eigenvalue weighted by molar-refractivity contribution is 5.90. The number of nitrogens with two attached hydrogens (primary N) is 1. The van der Waals surface area contributed by atoms with Gasteiger partial charge in [0.15, 0.2) is 12.4 Å². The highest BCUT2D eigenvalue weighted by Crippen LogP contribution is 2.12. The van der Waals surface area contributed by atoms with Gasteiger partial charge in [-0.25, -0.2) is 18.9 Å². The third-order valence-electron chi connectivity index (χ3n) is 2.72. The van der Waals surface area contributed by atoms with E-state index in [1.54, 1.807) is 4.68 Å². The summed E-state index contributed by atoms with van der Waals surface area (Å²) in [5, 5.41) is 4.07. The predicted molar refractivity (Wildman–Crippen MR) is 74.8 cm³/mol. The molecule has 1 aromatic heterocycles. The molecule has 6 nitrogen and oxygen atoms in total. The third kappa shape index (κ3) is 4.01. The number of nitrogens with zero attached hydrogens (tertiary/aromatic N) is 3. The van der Waals surface area contributed by atoms with Crippen molar-refractivity contribution in [2.45, 2.75) is 27.0 Å². The highest BCUT2D eigenvalue weighted by atomic mass is 19.1. The number of esters is 1. The van der Waals surface area contributed by atoms with Crippen molar-refractivity contribution in [1.29, 1.82) is 0 Å². The van der Waals surface area contributed by atoms with E-state index in [1.165, 1.54) is 12.4 Å². The number of benzene rings is 1. The number of hydrogen-bond acceptors (Lipinski definition) is 5. The van der Waals surface area contributed by atoms with Gasteiger partial charge < -0.3 is 10.5 Å². The van der Waals surface area contributed by atoms with Gasteiger partial charge in [-0.1, -0.05) is 13.8 Å². The number of anilines is 1. The maximum Gasteiger partial charge on any atom is 0.338 e. The van der Waals surface area contributed by atoms with E-state index < -0.39 is 11.8 Å². The van der Waals surface area contributed by atoms with E-state index >= 15 is 0 Å². The maximum atomic E-state index is 13.2. The molecule has 7 heteroatoms. The molecule has 0 atom stereocenters. The summed E-state index contributed by atoms with van der Waals surface area (Å²) < 4.78 is 20.0. The smallest absolute Gasteiger partial charge is 0.338 e. The SMILES string of the molecule is CC(C)Cn1ncnc1COC(=O)c1cc(N)cc(F)c1. The van der Waals surface area contributed by atoms with Crippen LogP contribution in [0, 0.1) is 11.7 Å². The summed E-state index contributed by atoms with van der Waals surface area (Å²) in [6.07, 6.45) is 1.41. The van der Waals surface area contributed by atoms with Gasteiger partial charge in [0, 0.05) is 12.2 Å². The summed E-state index contributed by atoms with van der Waals surface area (Å²) in [4.78, 5) is 15.9. The Balaban J connectivity index is 2.02. The number of nitrogen functional groups attached to an aromatic ring is 1. The second-order valence-corrected chi connectivity index (χ2v) is 5.10. The van der Waals surface area contributed by atoms with Gasteiger partial charge in [0.05, 0.1) is 5.56 Å². The molecule has 112 valence electrons. The Bertz CT molecular complexity index is 619. The van der Waals surface area contributed by atoms with Crippen molar-refractivity contribution >= 4 is 11.7 Å². The number of rotatable bonds is 5. The van der Waals surface area contributed by atoms with Crippen molar-refractivity contribution in [3.8, 4) is 0 Å². The van der Waals surface area contributed by atoms with E-state index in [2.05, 4.69) is 10.1 Å². The molecule has 21 heavy (non-hydrogen) atoms. The van der Waals surface area contributed by atoms with Gasteiger partial charge in [-0.05, 0) is 24.1 Å². The van der Waals surface area contributed by atoms with E-state index in [-0.39, 0.29) is 17.9 Å². The third-order valence-corrected chi connectivity index (χ3v) is 2.72. The zero-order valence-corrected chi connectivity index (χ0v) is 11.9. The second-order valence-electron chi connectivity index (χ2n) is 5.10. The molecule has 0 saturated carbocycles. The van der Waals surface area contributed by atoms with E-state index in [1.807, 2.05) is 13.8 Å². The van der Waals surface area contributed by atoms with Crippen LogP contribution in [0.25, 0.3) is 0 Å². The zero-order valence-electron chi connectivity index (χ0n) is 11.9. The average molecular weight is 292 g/mol. The van der Waals surface area contributed by atoms with E-state index in [0.717, 1.165) is 12.1 Å². The molecule has 0 bridgehead atoms. The molecule has 2 aromatic rings. The van der Waals surface area contributed by atoms with Crippen LogP contribution < -0.4 is 5.73 Å². The van der Waals surface area contributed by atoms with Crippen molar-refractivity contribution in [3.63, 3.8) is 0 Å². The Labute approximate surface area is 121 Å². The molecule has 0 aliphatic carbocycles. The molecule has 2 N–H and O–H groups in total. The van der Waals surface area contributed by atoms with Crippen molar-refractivity contribution in [1.82, 2.24) is 14.8 Å². The Kier molecular flexibility index (Phi) is 4.52. The van der Waals surface area contributed by atoms with Gasteiger partial charge in [0.2, 0.25) is 0 Å². The molecule has 0 amide bonds. The lowest BCUT2D eigenvalue weighted by Crippen LogP contribution is -2.13. The zero-order chi connectivity index (χ0) is 15.4. The lowest BCUT2D eigenvalue weighted by Gasteiger charge is -2.09. The molecule has 0 spiro atoms. The second kappa shape index (κ2) is 6.34. The predicted octanol–water partition coefficient (Wildman–Crippen LogP) is 2.01. The van der Waals surface area contributed by atoms with Crippen LogP contribution in [0.4, 0.5) is 10.1 Å². The van der Waals surface area contributed by atoms with Crippen LogP contribution in [0.15, 0.2) is 24.5 Å². The first-order chi connectivity index (χ1) is 9.95. The lowest BCUT2D eigenvalue weighted by molar-refractivity contribution is 0.0455. The Hall–Kier alpha value is -2.44. The molecule has 0 saturated heterocycles.